The zero-order valence-electron chi connectivity index (χ0n) is 22.4. The number of nitrogens with one attached hydrogen (secondary N) is 2. The zero-order chi connectivity index (χ0) is 27.8. The van der Waals surface area contributed by atoms with Crippen LogP contribution in [0.3, 0.4) is 0 Å². The van der Waals surface area contributed by atoms with Gasteiger partial charge in [0.25, 0.3) is 11.5 Å². The molecular formula is C30H33N5O4. The molecule has 202 valence electrons. The molecule has 4 aromatic rings. The summed E-state index contributed by atoms with van der Waals surface area (Å²) in [6.45, 7) is 7.23. The maximum atomic E-state index is 12.6. The fourth-order valence-corrected chi connectivity index (χ4v) is 3.82. The average Bonchev–Trinajstić information content (AvgIpc) is 3.37. The van der Waals surface area contributed by atoms with E-state index in [4.69, 9.17) is 4.74 Å². The van der Waals surface area contributed by atoms with Crippen molar-refractivity contribution in [1.82, 2.24) is 25.0 Å². The number of carbonyl (C=O) groups excluding carboxylic acids is 2. The molecule has 2 aromatic carbocycles. The van der Waals surface area contributed by atoms with E-state index in [0.29, 0.717) is 25.2 Å². The highest BCUT2D eigenvalue weighted by Gasteiger charge is 2.14. The third kappa shape index (κ3) is 8.43. The second-order valence-electron chi connectivity index (χ2n) is 10.4. The highest BCUT2D eigenvalue weighted by Crippen LogP contribution is 2.10. The highest BCUT2D eigenvalue weighted by atomic mass is 16.5. The van der Waals surface area contributed by atoms with Crippen LogP contribution in [0, 0.1) is 0 Å². The third-order valence-corrected chi connectivity index (χ3v) is 5.84. The number of amides is 2. The van der Waals surface area contributed by atoms with Crippen molar-refractivity contribution in [1.29, 1.82) is 0 Å². The van der Waals surface area contributed by atoms with Gasteiger partial charge in [-0.3, -0.25) is 14.3 Å². The van der Waals surface area contributed by atoms with E-state index in [1.807, 2.05) is 75.4 Å². The summed E-state index contributed by atoms with van der Waals surface area (Å²) < 4.78 is 8.61. The number of alkyl carbamates (subject to hydrolysis) is 1. The second kappa shape index (κ2) is 12.3. The molecule has 0 saturated carbocycles. The van der Waals surface area contributed by atoms with Gasteiger partial charge in [-0.15, -0.1) is 0 Å². The molecule has 2 aromatic heterocycles. The van der Waals surface area contributed by atoms with Crippen molar-refractivity contribution in [2.75, 3.05) is 0 Å². The van der Waals surface area contributed by atoms with Crippen LogP contribution in [0.1, 0.15) is 53.4 Å². The van der Waals surface area contributed by atoms with Crippen LogP contribution in [0.15, 0.2) is 90.1 Å². The first-order valence-corrected chi connectivity index (χ1v) is 12.7. The summed E-state index contributed by atoms with van der Waals surface area (Å²) in [5.41, 5.74) is 3.94. The summed E-state index contributed by atoms with van der Waals surface area (Å²) in [6, 6.07) is 20.6. The molecule has 0 spiro atoms. The minimum absolute atomic E-state index is 0.0342. The molecule has 0 aliphatic heterocycles. The Balaban J connectivity index is 1.24. The van der Waals surface area contributed by atoms with E-state index in [1.54, 1.807) is 40.0 Å². The maximum Gasteiger partial charge on any atom is 0.407 e. The minimum Gasteiger partial charge on any atom is -0.445 e. The van der Waals surface area contributed by atoms with Crippen molar-refractivity contribution in [2.24, 2.45) is 0 Å². The molecule has 0 aliphatic carbocycles. The van der Waals surface area contributed by atoms with Gasteiger partial charge in [0, 0.05) is 30.5 Å². The number of carbonyl (C=O) groups is 2. The molecular weight excluding hydrogens is 494 g/mol. The van der Waals surface area contributed by atoms with E-state index < -0.39 is 6.09 Å². The van der Waals surface area contributed by atoms with Gasteiger partial charge in [0.1, 0.15) is 6.61 Å². The molecule has 2 heterocycles. The van der Waals surface area contributed by atoms with Crippen LogP contribution < -0.4 is 16.2 Å². The van der Waals surface area contributed by atoms with E-state index in [0.717, 1.165) is 22.3 Å². The van der Waals surface area contributed by atoms with Gasteiger partial charge in [-0.25, -0.2) is 4.79 Å². The minimum atomic E-state index is -0.461. The second-order valence-corrected chi connectivity index (χ2v) is 10.4. The molecule has 39 heavy (non-hydrogen) atoms. The van der Waals surface area contributed by atoms with Crippen LogP contribution in [0.2, 0.25) is 0 Å². The predicted molar refractivity (Wildman–Crippen MR) is 148 cm³/mol. The Labute approximate surface area is 227 Å². The number of hydrogen-bond donors (Lipinski definition) is 2. The fourth-order valence-electron chi connectivity index (χ4n) is 3.82. The van der Waals surface area contributed by atoms with E-state index in [2.05, 4.69) is 15.7 Å². The van der Waals surface area contributed by atoms with Crippen molar-refractivity contribution < 1.29 is 14.3 Å². The first-order valence-electron chi connectivity index (χ1n) is 12.7. The first kappa shape index (κ1) is 27.4. The van der Waals surface area contributed by atoms with Crippen LogP contribution in [0.25, 0.3) is 0 Å². The molecule has 0 bridgehead atoms. The number of rotatable bonds is 9. The van der Waals surface area contributed by atoms with Gasteiger partial charge in [-0.05, 0) is 49.1 Å². The largest absolute Gasteiger partial charge is 0.445 e. The number of ether oxygens (including phenoxy) is 1. The zero-order valence-corrected chi connectivity index (χ0v) is 22.4. The van der Waals surface area contributed by atoms with E-state index in [1.165, 1.54) is 0 Å². The normalized spacial score (nSPS) is 11.2. The number of pyridine rings is 1. The van der Waals surface area contributed by atoms with Crippen LogP contribution in [0.5, 0.6) is 0 Å². The SMILES string of the molecule is CC(C)(C)NC(=O)OCc1ccc(CNC(=O)c2cnn(Cc3ccc(Cn4ccccc4=O)cc3)c2)cc1. The van der Waals surface area contributed by atoms with E-state index in [9.17, 15) is 14.4 Å². The lowest BCUT2D eigenvalue weighted by molar-refractivity contribution is 0.0950. The fraction of sp³-hybridized carbons (Fsp3) is 0.267. The summed E-state index contributed by atoms with van der Waals surface area (Å²) in [6.07, 6.45) is 4.58. The van der Waals surface area contributed by atoms with Gasteiger partial charge < -0.3 is 19.9 Å². The molecule has 2 amide bonds. The van der Waals surface area contributed by atoms with Crippen LogP contribution in [-0.2, 0) is 31.0 Å². The van der Waals surface area contributed by atoms with Crippen LogP contribution in [-0.4, -0.2) is 31.9 Å². The van der Waals surface area contributed by atoms with Gasteiger partial charge in [0.05, 0.1) is 24.8 Å². The smallest absolute Gasteiger partial charge is 0.407 e. The van der Waals surface area contributed by atoms with Crippen molar-refractivity contribution in [3.8, 4) is 0 Å². The Kier molecular flexibility index (Phi) is 8.60. The Morgan fingerprint density at radius 1 is 0.872 bits per heavy atom. The Hall–Kier alpha value is -4.66. The predicted octanol–water partition coefficient (Wildman–Crippen LogP) is 4.10. The van der Waals surface area contributed by atoms with Gasteiger partial charge in [0.15, 0.2) is 0 Å². The number of aromatic nitrogens is 3. The lowest BCUT2D eigenvalue weighted by atomic mass is 10.1. The molecule has 9 heteroatoms. The topological polar surface area (TPSA) is 107 Å². The first-order chi connectivity index (χ1) is 18.6. The van der Waals surface area contributed by atoms with Crippen molar-refractivity contribution in [3.63, 3.8) is 0 Å². The quantitative estimate of drug-likeness (QED) is 0.341. The van der Waals surface area contributed by atoms with E-state index >= 15 is 0 Å². The Bertz CT molecular complexity index is 1460. The van der Waals surface area contributed by atoms with Crippen LogP contribution in [0.4, 0.5) is 4.79 Å². The molecule has 0 unspecified atom stereocenters. The monoisotopic (exact) mass is 527 g/mol. The summed E-state index contributed by atoms with van der Waals surface area (Å²) in [7, 11) is 0. The molecule has 9 nitrogen and oxygen atoms in total. The molecule has 0 aliphatic rings. The van der Waals surface area contributed by atoms with E-state index in [-0.39, 0.29) is 23.6 Å². The van der Waals surface area contributed by atoms with Gasteiger partial charge in [0.2, 0.25) is 0 Å². The summed E-state index contributed by atoms with van der Waals surface area (Å²) in [4.78, 5) is 36.3. The third-order valence-electron chi connectivity index (χ3n) is 5.84. The summed E-state index contributed by atoms with van der Waals surface area (Å²) in [5, 5.41) is 9.98. The summed E-state index contributed by atoms with van der Waals surface area (Å²) >= 11 is 0. The van der Waals surface area contributed by atoms with Crippen molar-refractivity contribution in [2.45, 2.75) is 52.6 Å². The Morgan fingerprint density at radius 2 is 1.51 bits per heavy atom. The number of nitrogens with zero attached hydrogens (tertiary/aromatic N) is 3. The molecule has 0 radical (unpaired) electrons. The number of hydrogen-bond acceptors (Lipinski definition) is 5. The van der Waals surface area contributed by atoms with Crippen molar-refractivity contribution in [3.05, 3.63) is 123 Å². The molecule has 0 fully saturated rings. The van der Waals surface area contributed by atoms with Crippen LogP contribution >= 0.6 is 0 Å². The molecule has 2 N–H and O–H groups in total. The molecule has 0 atom stereocenters. The average molecular weight is 528 g/mol. The molecule has 0 saturated heterocycles. The van der Waals surface area contributed by atoms with Gasteiger partial charge in [-0.1, -0.05) is 54.6 Å². The summed E-state index contributed by atoms with van der Waals surface area (Å²) in [5.74, 6) is -0.212. The standard InChI is InChI=1S/C30H33N5O4/c1-30(2,3)33-29(38)39-21-25-13-7-22(8-14-25)16-31-28(37)26-17-32-35(20-26)19-24-11-9-23(10-12-24)18-34-15-5-4-6-27(34)36/h4-15,17,20H,16,18-19,21H2,1-3H3,(H,31,37)(H,33,38). The van der Waals surface area contributed by atoms with Gasteiger partial charge in [-0.2, -0.15) is 5.10 Å². The Morgan fingerprint density at radius 3 is 2.18 bits per heavy atom. The van der Waals surface area contributed by atoms with Gasteiger partial charge >= 0.3 is 6.09 Å². The lowest BCUT2D eigenvalue weighted by Gasteiger charge is -2.19. The number of benzene rings is 2. The molecule has 4 rings (SSSR count). The van der Waals surface area contributed by atoms with Crippen molar-refractivity contribution >= 4 is 12.0 Å². The highest BCUT2D eigenvalue weighted by molar-refractivity contribution is 5.93. The lowest BCUT2D eigenvalue weighted by Crippen LogP contribution is -2.40. The maximum absolute atomic E-state index is 12.6.